The zero-order valence-electron chi connectivity index (χ0n) is 14.8. The molecule has 0 bridgehead atoms. The number of aromatic nitrogens is 4. The highest BCUT2D eigenvalue weighted by Crippen LogP contribution is 2.19. The number of nitrogens with zero attached hydrogens (tertiary/aromatic N) is 4. The molecule has 27 heavy (non-hydrogen) atoms. The minimum Gasteiger partial charge on any atom is -0.465 e. The van der Waals surface area contributed by atoms with Crippen molar-refractivity contribution in [2.24, 2.45) is 0 Å². The molecule has 9 nitrogen and oxygen atoms in total. The predicted molar refractivity (Wildman–Crippen MR) is 98.8 cm³/mol. The van der Waals surface area contributed by atoms with Crippen LogP contribution in [0.1, 0.15) is 15.9 Å². The number of carbonyl (C=O) groups is 2. The second kappa shape index (κ2) is 8.09. The van der Waals surface area contributed by atoms with Gasteiger partial charge in [-0.3, -0.25) is 4.79 Å². The van der Waals surface area contributed by atoms with Crippen molar-refractivity contribution in [1.29, 1.82) is 0 Å². The molecule has 0 aliphatic carbocycles. The lowest BCUT2D eigenvalue weighted by Crippen LogP contribution is -2.22. The summed E-state index contributed by atoms with van der Waals surface area (Å²) in [5.41, 5.74) is 3.59. The number of hydrogen-bond acceptors (Lipinski definition) is 7. The normalized spacial score (nSPS) is 10.3. The maximum Gasteiger partial charge on any atom is 0.337 e. The number of tetrazole rings is 1. The number of benzene rings is 2. The number of hydrogen-bond donors (Lipinski definition) is 2. The van der Waals surface area contributed by atoms with Crippen molar-refractivity contribution in [2.75, 3.05) is 24.3 Å². The average Bonchev–Trinajstić information content (AvgIpc) is 3.22. The molecule has 2 N–H and O–H groups in total. The highest BCUT2D eigenvalue weighted by atomic mass is 16.5. The molecular weight excluding hydrogens is 348 g/mol. The van der Waals surface area contributed by atoms with E-state index in [1.807, 2.05) is 25.1 Å². The highest BCUT2D eigenvalue weighted by molar-refractivity contribution is 5.95. The molecule has 0 aliphatic rings. The molecule has 3 aromatic rings. The first-order valence-corrected chi connectivity index (χ1v) is 8.13. The molecule has 1 heterocycles. The summed E-state index contributed by atoms with van der Waals surface area (Å²) in [4.78, 5) is 23.6. The summed E-state index contributed by atoms with van der Waals surface area (Å²) in [6, 6.07) is 12.2. The molecule has 9 heteroatoms. The molecule has 0 spiro atoms. The standard InChI is InChI=1S/C18H18N6O3/c1-12-3-8-15(24-11-20-22-23-24)9-16(12)19-10-17(25)21-14-6-4-13(5-7-14)18(26)27-2/h3-9,11,19H,10H2,1-2H3,(H,21,25). The van der Waals surface area contributed by atoms with Crippen LogP contribution in [-0.2, 0) is 9.53 Å². The topological polar surface area (TPSA) is 111 Å². The van der Waals surface area contributed by atoms with Crippen LogP contribution in [0.5, 0.6) is 0 Å². The summed E-state index contributed by atoms with van der Waals surface area (Å²) in [5, 5.41) is 16.9. The van der Waals surface area contributed by atoms with E-state index in [1.165, 1.54) is 18.1 Å². The van der Waals surface area contributed by atoms with E-state index in [0.717, 1.165) is 16.9 Å². The Morgan fingerprint density at radius 1 is 1.15 bits per heavy atom. The van der Waals surface area contributed by atoms with Gasteiger partial charge in [-0.25, -0.2) is 9.48 Å². The van der Waals surface area contributed by atoms with Crippen LogP contribution in [0.15, 0.2) is 48.8 Å². The smallest absolute Gasteiger partial charge is 0.337 e. The van der Waals surface area contributed by atoms with Gasteiger partial charge in [0, 0.05) is 11.4 Å². The summed E-state index contributed by atoms with van der Waals surface area (Å²) in [7, 11) is 1.32. The fraction of sp³-hybridized carbons (Fsp3) is 0.167. The third kappa shape index (κ3) is 4.46. The van der Waals surface area contributed by atoms with E-state index in [9.17, 15) is 9.59 Å². The first-order valence-electron chi connectivity index (χ1n) is 8.13. The number of ether oxygens (including phenoxy) is 1. The monoisotopic (exact) mass is 366 g/mol. The van der Waals surface area contributed by atoms with Crippen LogP contribution in [0.25, 0.3) is 5.69 Å². The van der Waals surface area contributed by atoms with Crippen molar-refractivity contribution in [2.45, 2.75) is 6.92 Å². The number of carbonyl (C=O) groups excluding carboxylic acids is 2. The van der Waals surface area contributed by atoms with Crippen LogP contribution in [0, 0.1) is 6.92 Å². The molecular formula is C18H18N6O3. The molecule has 0 radical (unpaired) electrons. The fourth-order valence-corrected chi connectivity index (χ4v) is 2.41. The number of esters is 1. The molecule has 0 fully saturated rings. The van der Waals surface area contributed by atoms with Gasteiger partial charge >= 0.3 is 5.97 Å². The second-order valence-corrected chi connectivity index (χ2v) is 5.72. The van der Waals surface area contributed by atoms with Crippen LogP contribution in [-0.4, -0.2) is 45.7 Å². The molecule has 2 aromatic carbocycles. The van der Waals surface area contributed by atoms with Crippen LogP contribution in [0.3, 0.4) is 0 Å². The Labute approximate surface area is 155 Å². The molecule has 0 unspecified atom stereocenters. The van der Waals surface area contributed by atoms with Crippen LogP contribution in [0.2, 0.25) is 0 Å². The molecule has 3 rings (SSSR count). The maximum absolute atomic E-state index is 12.2. The van der Waals surface area contributed by atoms with Gasteiger partial charge in [0.25, 0.3) is 0 Å². The van der Waals surface area contributed by atoms with Crippen molar-refractivity contribution in [1.82, 2.24) is 20.2 Å². The first kappa shape index (κ1) is 18.1. The van der Waals surface area contributed by atoms with Gasteiger partial charge in [0.05, 0.1) is 24.9 Å². The van der Waals surface area contributed by atoms with Gasteiger partial charge < -0.3 is 15.4 Å². The summed E-state index contributed by atoms with van der Waals surface area (Å²) in [5.74, 6) is -0.638. The molecule has 1 amide bonds. The van der Waals surface area contributed by atoms with Gasteiger partial charge in [-0.05, 0) is 59.3 Å². The third-order valence-electron chi connectivity index (χ3n) is 3.86. The number of methoxy groups -OCH3 is 1. The van der Waals surface area contributed by atoms with E-state index in [-0.39, 0.29) is 12.5 Å². The van der Waals surface area contributed by atoms with E-state index in [1.54, 1.807) is 24.3 Å². The number of rotatable bonds is 6. The highest BCUT2D eigenvalue weighted by Gasteiger charge is 2.08. The van der Waals surface area contributed by atoms with Crippen LogP contribution < -0.4 is 10.6 Å². The van der Waals surface area contributed by atoms with E-state index in [4.69, 9.17) is 0 Å². The van der Waals surface area contributed by atoms with Crippen LogP contribution in [0.4, 0.5) is 11.4 Å². The van der Waals surface area contributed by atoms with E-state index in [0.29, 0.717) is 11.3 Å². The average molecular weight is 366 g/mol. The van der Waals surface area contributed by atoms with E-state index < -0.39 is 5.97 Å². The third-order valence-corrected chi connectivity index (χ3v) is 3.86. The van der Waals surface area contributed by atoms with Gasteiger partial charge in [-0.2, -0.15) is 0 Å². The minimum absolute atomic E-state index is 0.0820. The lowest BCUT2D eigenvalue weighted by molar-refractivity contribution is -0.114. The van der Waals surface area contributed by atoms with Gasteiger partial charge in [0.2, 0.25) is 5.91 Å². The summed E-state index contributed by atoms with van der Waals surface area (Å²) in [6.07, 6.45) is 1.50. The Bertz CT molecular complexity index is 938. The van der Waals surface area contributed by atoms with Gasteiger partial charge in [-0.15, -0.1) is 5.10 Å². The number of nitrogens with one attached hydrogen (secondary N) is 2. The molecule has 0 saturated heterocycles. The van der Waals surface area contributed by atoms with Gasteiger partial charge in [-0.1, -0.05) is 6.07 Å². The number of aryl methyl sites for hydroxylation is 1. The van der Waals surface area contributed by atoms with Crippen molar-refractivity contribution in [3.63, 3.8) is 0 Å². The van der Waals surface area contributed by atoms with Crippen molar-refractivity contribution in [3.05, 3.63) is 59.9 Å². The number of amides is 1. The molecule has 0 aliphatic heterocycles. The van der Waals surface area contributed by atoms with Gasteiger partial charge in [0.15, 0.2) is 0 Å². The minimum atomic E-state index is -0.424. The van der Waals surface area contributed by atoms with Crippen molar-refractivity contribution in [3.8, 4) is 5.69 Å². The van der Waals surface area contributed by atoms with Gasteiger partial charge in [0.1, 0.15) is 6.33 Å². The number of anilines is 2. The molecule has 1 aromatic heterocycles. The lowest BCUT2D eigenvalue weighted by Gasteiger charge is -2.12. The maximum atomic E-state index is 12.2. The summed E-state index contributed by atoms with van der Waals surface area (Å²) < 4.78 is 6.18. The van der Waals surface area contributed by atoms with E-state index in [2.05, 4.69) is 30.9 Å². The Morgan fingerprint density at radius 2 is 1.93 bits per heavy atom. The van der Waals surface area contributed by atoms with Crippen LogP contribution >= 0.6 is 0 Å². The molecule has 0 saturated carbocycles. The van der Waals surface area contributed by atoms with Crippen molar-refractivity contribution >= 4 is 23.3 Å². The Balaban J connectivity index is 1.61. The summed E-state index contributed by atoms with van der Waals surface area (Å²) in [6.45, 7) is 2.02. The summed E-state index contributed by atoms with van der Waals surface area (Å²) >= 11 is 0. The largest absolute Gasteiger partial charge is 0.465 e. The Kier molecular flexibility index (Phi) is 5.41. The van der Waals surface area contributed by atoms with Crippen molar-refractivity contribution < 1.29 is 14.3 Å². The predicted octanol–water partition coefficient (Wildman–Crippen LogP) is 1.81. The molecule has 138 valence electrons. The SMILES string of the molecule is COC(=O)c1ccc(NC(=O)CNc2cc(-n3cnnn3)ccc2C)cc1. The molecule has 0 atom stereocenters. The second-order valence-electron chi connectivity index (χ2n) is 5.72. The Morgan fingerprint density at radius 3 is 2.59 bits per heavy atom. The zero-order valence-corrected chi connectivity index (χ0v) is 14.8. The van der Waals surface area contributed by atoms with E-state index >= 15 is 0 Å². The lowest BCUT2D eigenvalue weighted by atomic mass is 10.2. The Hall–Kier alpha value is -3.75. The quantitative estimate of drug-likeness (QED) is 0.640. The zero-order chi connectivity index (χ0) is 19.2. The first-order chi connectivity index (χ1) is 13.1. The fourth-order valence-electron chi connectivity index (χ4n) is 2.41.